The van der Waals surface area contributed by atoms with E-state index in [9.17, 15) is 0 Å². The van der Waals surface area contributed by atoms with Gasteiger partial charge in [0.05, 0.1) is 0 Å². The minimum Gasteiger partial charge on any atom is -0.0625 e. The van der Waals surface area contributed by atoms with Gasteiger partial charge in [-0.1, -0.05) is 281 Å². The fraction of sp³-hybridized carbons (Fsp3) is 1.00. The lowest BCUT2D eigenvalue weighted by atomic mass is 9.58. The predicted octanol–water partition coefficient (Wildman–Crippen LogP) is 27.1. The van der Waals surface area contributed by atoms with Crippen molar-refractivity contribution in [3.05, 3.63) is 0 Å². The average molecular weight is 1080 g/mol. The quantitative estimate of drug-likeness (QED) is 0.246. The third kappa shape index (κ3) is 26.2. The van der Waals surface area contributed by atoms with E-state index in [1.165, 1.54) is 212 Å². The molecule has 0 saturated heterocycles. The van der Waals surface area contributed by atoms with Crippen LogP contribution in [0.3, 0.4) is 0 Å². The highest BCUT2D eigenvalue weighted by molar-refractivity contribution is 4.98. The molecule has 0 aromatic heterocycles. The Bertz CT molecular complexity index is 1520. The molecule has 0 spiro atoms. The average Bonchev–Trinajstić information content (AvgIpc) is 4.32. The van der Waals surface area contributed by atoms with Crippen LogP contribution in [-0.2, 0) is 0 Å². The molecule has 11 fully saturated rings. The lowest BCUT2D eigenvalue weighted by Gasteiger charge is -2.47. The summed E-state index contributed by atoms with van der Waals surface area (Å²) >= 11 is 0. The standard InChI is InChI=1S/C13H24.2C11H22.C9H18.C8H14.2C8H16.C5H10.C4H8/c1-13(10-6-3-7-11-13)12-8-4-2-5-9-12;1-9-10(2,3)7-6-8-11(9,4)5;1-10(2,3)11(4)8-6-5-7-9-11;1-8-6-4-5-7-9(8,2)3;1-6-4-7-2-3-8(6)5-7;1-7(2,3)8(4)5-6-8;1-8(2)6-4-3-5-7-8;1-5(2)3-4-5;1-4-2-3-4/h12H,2-11H2,1H3;9H,6-8H2,1-5H3;5-9H2,1-4H3;8H,4-7H2,1-3H3;6-8H,2-5H2,1H3;5-6H2,1-4H3;3-7H2,1-2H3;3-4H2,1-2H3;4H,2-3H2,1H3. The Hall–Kier alpha value is 0. The molecule has 11 aliphatic rings. The van der Waals surface area contributed by atoms with Crippen molar-refractivity contribution in [3.8, 4) is 0 Å². The van der Waals surface area contributed by atoms with Crippen molar-refractivity contribution >= 4 is 0 Å². The third-order valence-electron chi connectivity index (χ3n) is 25.6. The molecule has 2 bridgehead atoms. The highest BCUT2D eigenvalue weighted by atomic mass is 14.5. The van der Waals surface area contributed by atoms with Gasteiger partial charge in [0.25, 0.3) is 0 Å². The van der Waals surface area contributed by atoms with E-state index in [1.54, 1.807) is 25.7 Å². The van der Waals surface area contributed by atoms with Crippen molar-refractivity contribution in [2.24, 2.45) is 95.6 Å². The second kappa shape index (κ2) is 30.7. The Morgan fingerprint density at radius 3 is 0.922 bits per heavy atom. The van der Waals surface area contributed by atoms with Crippen LogP contribution < -0.4 is 0 Å². The van der Waals surface area contributed by atoms with Crippen molar-refractivity contribution in [3.63, 3.8) is 0 Å². The Morgan fingerprint density at radius 1 is 0.312 bits per heavy atom. The molecule has 0 aliphatic heterocycles. The molecule has 4 atom stereocenters. The summed E-state index contributed by atoms with van der Waals surface area (Å²) in [7, 11) is 0. The summed E-state index contributed by atoms with van der Waals surface area (Å²) in [6.45, 7) is 54.9. The molecule has 77 heavy (non-hydrogen) atoms. The fourth-order valence-corrected chi connectivity index (χ4v) is 15.2. The molecule has 0 heteroatoms. The first-order chi connectivity index (χ1) is 35.4. The largest absolute Gasteiger partial charge is 0.0625 e. The first kappa shape index (κ1) is 71.3. The van der Waals surface area contributed by atoms with Gasteiger partial charge in [-0.05, 0) is 211 Å². The summed E-state index contributed by atoms with van der Waals surface area (Å²) in [5, 5.41) is 0. The van der Waals surface area contributed by atoms with Gasteiger partial charge in [0.15, 0.2) is 0 Å². The van der Waals surface area contributed by atoms with Crippen molar-refractivity contribution in [1.82, 2.24) is 0 Å². The van der Waals surface area contributed by atoms with Gasteiger partial charge in [-0.3, -0.25) is 0 Å². The molecular weight excluding hydrogens is 925 g/mol. The van der Waals surface area contributed by atoms with Crippen molar-refractivity contribution in [1.29, 1.82) is 0 Å². The van der Waals surface area contributed by atoms with Crippen LogP contribution in [0.15, 0.2) is 0 Å². The predicted molar refractivity (Wildman–Crippen MR) is 350 cm³/mol. The van der Waals surface area contributed by atoms with Crippen LogP contribution in [0, 0.1) is 95.6 Å². The molecule has 11 saturated carbocycles. The van der Waals surface area contributed by atoms with E-state index in [2.05, 4.69) is 159 Å². The van der Waals surface area contributed by atoms with E-state index in [-0.39, 0.29) is 0 Å². The second-order valence-corrected chi connectivity index (χ2v) is 36.6. The minimum absolute atomic E-state index is 0.507. The number of fused-ring (bicyclic) bond motifs is 2. The van der Waals surface area contributed by atoms with Crippen LogP contribution in [0.2, 0.25) is 0 Å². The Morgan fingerprint density at radius 2 is 0.675 bits per heavy atom. The van der Waals surface area contributed by atoms with Crippen LogP contribution in [0.5, 0.6) is 0 Å². The lowest BCUT2D eigenvalue weighted by molar-refractivity contribution is 0.0286. The smallest absolute Gasteiger partial charge is 0.0277 e. The molecule has 0 nitrogen and oxygen atoms in total. The van der Waals surface area contributed by atoms with Gasteiger partial charge in [0.2, 0.25) is 0 Å². The minimum atomic E-state index is 0.507. The first-order valence-electron chi connectivity index (χ1n) is 35.4. The van der Waals surface area contributed by atoms with E-state index in [0.29, 0.717) is 43.3 Å². The molecule has 11 rings (SSSR count). The van der Waals surface area contributed by atoms with Gasteiger partial charge in [-0.15, -0.1) is 0 Å². The first-order valence-corrected chi connectivity index (χ1v) is 35.4. The van der Waals surface area contributed by atoms with Gasteiger partial charge < -0.3 is 0 Å². The summed E-state index contributed by atoms with van der Waals surface area (Å²) in [6, 6.07) is 0. The summed E-state index contributed by atoms with van der Waals surface area (Å²) < 4.78 is 0. The molecular formula is C77H150. The van der Waals surface area contributed by atoms with Crippen LogP contribution in [0.4, 0.5) is 0 Å². The summed E-state index contributed by atoms with van der Waals surface area (Å²) in [6.07, 6.45) is 54.8. The Kier molecular flexibility index (Phi) is 28.4. The number of rotatable bonds is 1. The van der Waals surface area contributed by atoms with Crippen molar-refractivity contribution in [2.45, 2.75) is 397 Å². The zero-order valence-corrected chi connectivity index (χ0v) is 58.2. The van der Waals surface area contributed by atoms with Crippen LogP contribution in [0.25, 0.3) is 0 Å². The van der Waals surface area contributed by atoms with E-state index >= 15 is 0 Å². The highest BCUT2D eigenvalue weighted by Crippen LogP contribution is 2.58. The van der Waals surface area contributed by atoms with Gasteiger partial charge in [-0.2, -0.15) is 0 Å². The molecule has 458 valence electrons. The molecule has 0 amide bonds. The molecule has 0 aromatic rings. The maximum atomic E-state index is 2.57. The van der Waals surface area contributed by atoms with Crippen molar-refractivity contribution in [2.75, 3.05) is 0 Å². The van der Waals surface area contributed by atoms with E-state index < -0.39 is 0 Å². The molecule has 0 aromatic carbocycles. The topological polar surface area (TPSA) is 0 Å². The molecule has 0 N–H and O–H groups in total. The zero-order chi connectivity index (χ0) is 58.2. The summed E-state index contributed by atoms with van der Waals surface area (Å²) in [5.41, 5.74) is 6.32. The Balaban J connectivity index is 0.000000231. The van der Waals surface area contributed by atoms with Gasteiger partial charge in [0, 0.05) is 0 Å². The molecule has 0 radical (unpaired) electrons. The highest BCUT2D eigenvalue weighted by Gasteiger charge is 2.47. The van der Waals surface area contributed by atoms with Crippen LogP contribution in [0.1, 0.15) is 397 Å². The van der Waals surface area contributed by atoms with Crippen molar-refractivity contribution < 1.29 is 0 Å². The third-order valence-corrected chi connectivity index (χ3v) is 25.6. The second-order valence-electron chi connectivity index (χ2n) is 36.6. The monoisotopic (exact) mass is 1080 g/mol. The zero-order valence-electron chi connectivity index (χ0n) is 58.2. The summed E-state index contributed by atoms with van der Waals surface area (Å²) in [4.78, 5) is 0. The molecule has 0 heterocycles. The van der Waals surface area contributed by atoms with E-state index in [1.807, 2.05) is 0 Å². The maximum absolute atomic E-state index is 2.57. The SMILES string of the molecule is CC(C)(C)C1(C)CC1.CC(C)(C)C1(C)CCCCC1.CC1(C)CC1.CC1(C)CCCCC1.CC1(C2CCCCC2)CCCCC1.CC1C(C)(C)CCCC1(C)C.CC1CC1.CC1CC2CCC1C2.CC1CCCCC1(C)C. The van der Waals surface area contributed by atoms with E-state index in [0.717, 1.165) is 52.3 Å². The summed E-state index contributed by atoms with van der Waals surface area (Å²) in [5.74, 6) is 7.35. The molecule has 11 aliphatic carbocycles. The van der Waals surface area contributed by atoms with Crippen LogP contribution in [-0.4, -0.2) is 0 Å². The maximum Gasteiger partial charge on any atom is -0.0277 e. The van der Waals surface area contributed by atoms with Crippen LogP contribution >= 0.6 is 0 Å². The van der Waals surface area contributed by atoms with Gasteiger partial charge in [0.1, 0.15) is 0 Å². The number of hydrogen-bond acceptors (Lipinski definition) is 0. The van der Waals surface area contributed by atoms with Gasteiger partial charge in [-0.25, -0.2) is 0 Å². The molecule has 4 unspecified atom stereocenters. The normalized spacial score (nSPS) is 31.4. The lowest BCUT2D eigenvalue weighted by Crippen LogP contribution is -2.38. The Labute approximate surface area is 489 Å². The number of hydrogen-bond donors (Lipinski definition) is 0. The fourth-order valence-electron chi connectivity index (χ4n) is 15.2. The van der Waals surface area contributed by atoms with Gasteiger partial charge >= 0.3 is 0 Å². The van der Waals surface area contributed by atoms with E-state index in [4.69, 9.17) is 0 Å².